The summed E-state index contributed by atoms with van der Waals surface area (Å²) in [6.45, 7) is 2.03. The fourth-order valence-electron chi connectivity index (χ4n) is 5.00. The summed E-state index contributed by atoms with van der Waals surface area (Å²) in [5.74, 6) is 3.13. The zero-order valence-corrected chi connectivity index (χ0v) is 11.7. The van der Waals surface area contributed by atoms with Gasteiger partial charge in [0.2, 0.25) is 0 Å². The minimum Gasteiger partial charge on any atom is -0.311 e. The first-order valence-electron chi connectivity index (χ1n) is 6.84. The minimum absolute atomic E-state index is 0. The maximum Gasteiger partial charge on any atom is 0.155 e. The highest BCUT2D eigenvalue weighted by atomic mass is 35.5. The molecule has 98 valence electrons. The van der Waals surface area contributed by atoms with Crippen LogP contribution in [0.5, 0.6) is 0 Å². The van der Waals surface area contributed by atoms with Crippen molar-refractivity contribution in [3.8, 4) is 0 Å². The third-order valence-electron chi connectivity index (χ3n) is 5.39. The topological polar surface area (TPSA) is 29.1 Å². The maximum absolute atomic E-state index is 12.6. The van der Waals surface area contributed by atoms with Gasteiger partial charge < -0.3 is 5.32 Å². The molecule has 1 unspecified atom stereocenters. The molecule has 0 amide bonds. The van der Waals surface area contributed by atoms with Crippen LogP contribution in [0.4, 0.5) is 0 Å². The molecule has 0 aromatic heterocycles. The molecule has 1 atom stereocenters. The molecule has 1 N–H and O–H groups in total. The summed E-state index contributed by atoms with van der Waals surface area (Å²) in [6, 6.07) is 0.0521. The number of nitrogens with one attached hydrogen (secondary N) is 1. The van der Waals surface area contributed by atoms with Gasteiger partial charge >= 0.3 is 0 Å². The van der Waals surface area contributed by atoms with Crippen LogP contribution in [0.1, 0.15) is 45.4 Å². The molecule has 4 saturated carbocycles. The van der Waals surface area contributed by atoms with Crippen LogP contribution in [0.25, 0.3) is 0 Å². The molecule has 2 nitrogen and oxygen atoms in total. The molecule has 4 fully saturated rings. The number of rotatable bonds is 3. The summed E-state index contributed by atoms with van der Waals surface area (Å²) in [7, 11) is 1.91. The lowest BCUT2D eigenvalue weighted by Gasteiger charge is -2.56. The van der Waals surface area contributed by atoms with Gasteiger partial charge in [0.25, 0.3) is 0 Å². The fourth-order valence-corrected chi connectivity index (χ4v) is 5.00. The Morgan fingerprint density at radius 1 is 1.12 bits per heavy atom. The molecule has 0 aromatic rings. The van der Waals surface area contributed by atoms with Gasteiger partial charge in [-0.3, -0.25) is 4.79 Å². The first-order chi connectivity index (χ1) is 7.63. The third kappa shape index (κ3) is 2.04. The average molecular weight is 258 g/mol. The smallest absolute Gasteiger partial charge is 0.155 e. The van der Waals surface area contributed by atoms with Crippen molar-refractivity contribution in [1.29, 1.82) is 0 Å². The number of carbonyl (C=O) groups excluding carboxylic acids is 1. The summed E-state index contributed by atoms with van der Waals surface area (Å²) in [5.41, 5.74) is 0.0805. The van der Waals surface area contributed by atoms with Crippen molar-refractivity contribution in [1.82, 2.24) is 5.32 Å². The van der Waals surface area contributed by atoms with Crippen LogP contribution < -0.4 is 5.32 Å². The molecule has 0 saturated heterocycles. The van der Waals surface area contributed by atoms with Crippen molar-refractivity contribution in [3.63, 3.8) is 0 Å². The second kappa shape index (κ2) is 4.55. The monoisotopic (exact) mass is 257 g/mol. The standard InChI is InChI=1S/C14H23NO.ClH/c1-9(15-2)13(16)14-6-10-3-11(7-14)5-12(4-10)8-14;/h9-12,15H,3-8H2,1-2H3;1H. The summed E-state index contributed by atoms with van der Waals surface area (Å²) in [5, 5.41) is 3.14. The van der Waals surface area contributed by atoms with Crippen molar-refractivity contribution in [2.45, 2.75) is 51.5 Å². The Morgan fingerprint density at radius 3 is 1.88 bits per heavy atom. The zero-order chi connectivity index (χ0) is 11.3. The molecule has 4 rings (SSSR count). The number of hydrogen-bond acceptors (Lipinski definition) is 2. The highest BCUT2D eigenvalue weighted by Gasteiger charge is 2.54. The van der Waals surface area contributed by atoms with E-state index in [1.807, 2.05) is 14.0 Å². The van der Waals surface area contributed by atoms with Crippen LogP contribution in [0.15, 0.2) is 0 Å². The molecule has 17 heavy (non-hydrogen) atoms. The molecule has 4 aliphatic rings. The van der Waals surface area contributed by atoms with Crippen molar-refractivity contribution in [2.75, 3.05) is 7.05 Å². The first-order valence-corrected chi connectivity index (χ1v) is 6.84. The van der Waals surface area contributed by atoms with E-state index in [-0.39, 0.29) is 23.9 Å². The molecular formula is C14H24ClNO. The lowest BCUT2D eigenvalue weighted by atomic mass is 9.48. The molecule has 0 radical (unpaired) electrons. The van der Waals surface area contributed by atoms with E-state index in [1.54, 1.807) is 0 Å². The highest BCUT2D eigenvalue weighted by molar-refractivity contribution is 5.89. The maximum atomic E-state index is 12.6. The Labute approximate surface area is 110 Å². The van der Waals surface area contributed by atoms with Crippen LogP contribution >= 0.6 is 12.4 Å². The first kappa shape index (κ1) is 13.4. The molecule has 0 aliphatic heterocycles. The van der Waals surface area contributed by atoms with Gasteiger partial charge in [0.15, 0.2) is 5.78 Å². The van der Waals surface area contributed by atoms with E-state index in [0.29, 0.717) is 5.78 Å². The van der Waals surface area contributed by atoms with E-state index in [0.717, 1.165) is 17.8 Å². The van der Waals surface area contributed by atoms with Crippen molar-refractivity contribution in [3.05, 3.63) is 0 Å². The summed E-state index contributed by atoms with van der Waals surface area (Å²) in [6.07, 6.45) is 7.85. The van der Waals surface area contributed by atoms with Gasteiger partial charge in [0.05, 0.1) is 6.04 Å². The number of likely N-dealkylation sites (N-methyl/N-ethyl adjacent to an activating group) is 1. The Bertz CT molecular complexity index is 280. The minimum atomic E-state index is 0. The van der Waals surface area contributed by atoms with Crippen molar-refractivity contribution in [2.24, 2.45) is 23.2 Å². The van der Waals surface area contributed by atoms with Crippen LogP contribution in [-0.2, 0) is 4.79 Å². The Morgan fingerprint density at radius 2 is 1.53 bits per heavy atom. The molecule has 3 heteroatoms. The zero-order valence-electron chi connectivity index (χ0n) is 10.9. The summed E-state index contributed by atoms with van der Waals surface area (Å²) >= 11 is 0. The number of ketones is 1. The lowest BCUT2D eigenvalue weighted by molar-refractivity contribution is -0.145. The molecule has 0 aromatic carbocycles. The highest BCUT2D eigenvalue weighted by Crippen LogP contribution is 2.60. The Hall–Kier alpha value is -0.0800. The van der Waals surface area contributed by atoms with Crippen LogP contribution in [-0.4, -0.2) is 18.9 Å². The fraction of sp³-hybridized carbons (Fsp3) is 0.929. The molecule has 0 heterocycles. The van der Waals surface area contributed by atoms with E-state index in [2.05, 4.69) is 5.32 Å². The van der Waals surface area contributed by atoms with Gasteiger partial charge in [-0.25, -0.2) is 0 Å². The second-order valence-electron chi connectivity index (χ2n) is 6.57. The predicted octanol–water partition coefficient (Wildman–Crippen LogP) is 2.80. The Kier molecular flexibility index (Phi) is 3.57. The lowest BCUT2D eigenvalue weighted by Crippen LogP contribution is -2.54. The van der Waals surface area contributed by atoms with Crippen LogP contribution in [0.3, 0.4) is 0 Å². The van der Waals surface area contributed by atoms with E-state index in [9.17, 15) is 4.79 Å². The SMILES string of the molecule is CNC(C)C(=O)C12CC3CC(CC(C3)C1)C2.Cl. The second-order valence-corrected chi connectivity index (χ2v) is 6.57. The molecular weight excluding hydrogens is 234 g/mol. The van der Waals surface area contributed by atoms with Gasteiger partial charge in [-0.05, 0) is 70.3 Å². The van der Waals surface area contributed by atoms with Crippen LogP contribution in [0, 0.1) is 23.2 Å². The van der Waals surface area contributed by atoms with Gasteiger partial charge in [-0.15, -0.1) is 12.4 Å². The Balaban J connectivity index is 0.00000108. The predicted molar refractivity (Wildman–Crippen MR) is 71.4 cm³/mol. The number of halogens is 1. The van der Waals surface area contributed by atoms with E-state index in [1.165, 1.54) is 38.5 Å². The molecule has 0 spiro atoms. The summed E-state index contributed by atoms with van der Waals surface area (Å²) < 4.78 is 0. The number of Topliss-reactive ketones (excluding diaryl/α,β-unsaturated/α-hetero) is 1. The number of hydrogen-bond donors (Lipinski definition) is 1. The van der Waals surface area contributed by atoms with E-state index < -0.39 is 0 Å². The summed E-state index contributed by atoms with van der Waals surface area (Å²) in [4.78, 5) is 12.6. The van der Waals surface area contributed by atoms with Crippen molar-refractivity contribution >= 4 is 18.2 Å². The van der Waals surface area contributed by atoms with Gasteiger partial charge in [0.1, 0.15) is 0 Å². The van der Waals surface area contributed by atoms with Crippen molar-refractivity contribution < 1.29 is 4.79 Å². The molecule has 4 aliphatic carbocycles. The van der Waals surface area contributed by atoms with Gasteiger partial charge in [-0.1, -0.05) is 0 Å². The third-order valence-corrected chi connectivity index (χ3v) is 5.39. The van der Waals surface area contributed by atoms with Crippen LogP contribution in [0.2, 0.25) is 0 Å². The number of carbonyl (C=O) groups is 1. The van der Waals surface area contributed by atoms with Gasteiger partial charge in [0, 0.05) is 5.41 Å². The van der Waals surface area contributed by atoms with E-state index >= 15 is 0 Å². The molecule has 4 bridgehead atoms. The average Bonchev–Trinajstić information content (AvgIpc) is 2.25. The normalized spacial score (nSPS) is 44.2. The van der Waals surface area contributed by atoms with Gasteiger partial charge in [-0.2, -0.15) is 0 Å². The quantitative estimate of drug-likeness (QED) is 0.843. The van der Waals surface area contributed by atoms with E-state index in [4.69, 9.17) is 0 Å². The largest absolute Gasteiger partial charge is 0.311 e.